The third-order valence-corrected chi connectivity index (χ3v) is 11.1. The molecule has 3 saturated heterocycles. The molecular formula is C31H42F3N5O4S. The van der Waals surface area contributed by atoms with Crippen LogP contribution in [-0.2, 0) is 20.9 Å². The molecule has 3 fully saturated rings. The smallest absolute Gasteiger partial charge is 0.417 e. The van der Waals surface area contributed by atoms with Crippen molar-refractivity contribution in [3.63, 3.8) is 0 Å². The molecular weight excluding hydrogens is 595 g/mol. The van der Waals surface area contributed by atoms with Gasteiger partial charge in [-0.2, -0.15) is 17.5 Å². The fourth-order valence-corrected chi connectivity index (χ4v) is 8.41. The Hall–Kier alpha value is -2.90. The largest absolute Gasteiger partial charge is 0.462 e. The number of halogens is 3. The zero-order valence-corrected chi connectivity index (χ0v) is 26.0. The first-order chi connectivity index (χ1) is 21.0. The number of hydrogen-bond donors (Lipinski definition) is 0. The fraction of sp³-hybridized carbons (Fsp3) is 0.613. The molecule has 5 rings (SSSR count). The number of carbonyl (C=O) groups excluding carboxylic acids is 1. The Morgan fingerprint density at radius 2 is 1.64 bits per heavy atom. The third-order valence-electron chi connectivity index (χ3n) is 9.01. The van der Waals surface area contributed by atoms with Crippen LogP contribution in [0, 0.1) is 5.92 Å². The van der Waals surface area contributed by atoms with Gasteiger partial charge in [-0.3, -0.25) is 4.98 Å². The summed E-state index contributed by atoms with van der Waals surface area (Å²) in [6, 6.07) is 9.08. The van der Waals surface area contributed by atoms with Crippen molar-refractivity contribution >= 4 is 27.4 Å². The highest BCUT2D eigenvalue weighted by atomic mass is 32.2. The molecule has 0 bridgehead atoms. The van der Waals surface area contributed by atoms with Gasteiger partial charge in [-0.25, -0.2) is 13.2 Å². The van der Waals surface area contributed by atoms with Gasteiger partial charge in [0.15, 0.2) is 0 Å². The van der Waals surface area contributed by atoms with Crippen LogP contribution in [0.5, 0.6) is 0 Å². The third kappa shape index (κ3) is 8.02. The van der Waals surface area contributed by atoms with Crippen molar-refractivity contribution in [3.05, 3.63) is 53.9 Å². The van der Waals surface area contributed by atoms with E-state index >= 15 is 0 Å². The maximum absolute atomic E-state index is 13.3. The topological polar surface area (TPSA) is 86.3 Å². The average Bonchev–Trinajstić information content (AvgIpc) is 3.02. The van der Waals surface area contributed by atoms with Crippen molar-refractivity contribution in [3.8, 4) is 0 Å². The lowest BCUT2D eigenvalue weighted by Crippen LogP contribution is -2.51. The molecule has 44 heavy (non-hydrogen) atoms. The molecule has 1 atom stereocenters. The highest BCUT2D eigenvalue weighted by Crippen LogP contribution is 2.32. The second kappa shape index (κ2) is 14.0. The molecule has 1 aromatic heterocycles. The van der Waals surface area contributed by atoms with Crippen molar-refractivity contribution in [2.24, 2.45) is 5.92 Å². The summed E-state index contributed by atoms with van der Waals surface area (Å²) >= 11 is 0. The molecule has 1 unspecified atom stereocenters. The standard InChI is InChI=1S/C31H42F3N5O4S/c1-2-43-30(40)25-6-8-27(9-7-25)39-12-4-3-5-28(39)22-36-13-10-24(11-14-36)23-44(41,42)38-17-15-37(16-18-38)29-19-26(20-35-21-29)31(32,33)34/h6-9,19-21,24,28H,2-5,10-18,22-23H2,1H3. The summed E-state index contributed by atoms with van der Waals surface area (Å²) in [4.78, 5) is 22.4. The van der Waals surface area contributed by atoms with Gasteiger partial charge in [0, 0.05) is 57.2 Å². The molecule has 1 aromatic carbocycles. The molecule has 0 saturated carbocycles. The van der Waals surface area contributed by atoms with E-state index in [2.05, 4.69) is 14.8 Å². The molecule has 0 spiro atoms. The molecule has 0 radical (unpaired) electrons. The first-order valence-corrected chi connectivity index (χ1v) is 17.2. The highest BCUT2D eigenvalue weighted by Gasteiger charge is 2.34. The van der Waals surface area contributed by atoms with E-state index in [0.717, 1.165) is 69.8 Å². The lowest BCUT2D eigenvalue weighted by Gasteiger charge is -2.42. The normalized spacial score (nSPS) is 21.4. The number of aromatic nitrogens is 1. The minimum atomic E-state index is -4.47. The van der Waals surface area contributed by atoms with Crippen LogP contribution in [-0.4, -0.2) is 99.3 Å². The zero-order valence-electron chi connectivity index (χ0n) is 25.2. The number of anilines is 2. The molecule has 4 heterocycles. The number of benzene rings is 1. The Balaban J connectivity index is 1.09. The molecule has 9 nitrogen and oxygen atoms in total. The van der Waals surface area contributed by atoms with Crippen LogP contribution in [0.25, 0.3) is 0 Å². The first-order valence-electron chi connectivity index (χ1n) is 15.5. The Labute approximate surface area is 258 Å². The van der Waals surface area contributed by atoms with Crippen molar-refractivity contribution in [1.82, 2.24) is 14.2 Å². The number of piperazine rings is 1. The molecule has 13 heteroatoms. The van der Waals surface area contributed by atoms with E-state index in [-0.39, 0.29) is 30.7 Å². The predicted octanol–water partition coefficient (Wildman–Crippen LogP) is 4.50. The summed E-state index contributed by atoms with van der Waals surface area (Å²) in [7, 11) is -3.47. The van der Waals surface area contributed by atoms with E-state index in [0.29, 0.717) is 37.0 Å². The second-order valence-corrected chi connectivity index (χ2v) is 14.0. The number of alkyl halides is 3. The molecule has 0 aliphatic carbocycles. The van der Waals surface area contributed by atoms with E-state index in [9.17, 15) is 26.4 Å². The first kappa shape index (κ1) is 32.5. The van der Waals surface area contributed by atoms with Gasteiger partial charge in [0.2, 0.25) is 10.0 Å². The number of nitrogens with zero attached hydrogens (tertiary/aromatic N) is 5. The number of rotatable bonds is 9. The number of piperidine rings is 2. The van der Waals surface area contributed by atoms with Gasteiger partial charge < -0.3 is 19.4 Å². The van der Waals surface area contributed by atoms with Gasteiger partial charge >= 0.3 is 12.1 Å². The molecule has 3 aliphatic heterocycles. The number of sulfonamides is 1. The minimum absolute atomic E-state index is 0.0832. The monoisotopic (exact) mass is 637 g/mol. The Bertz CT molecular complexity index is 1360. The number of likely N-dealkylation sites (tertiary alicyclic amines) is 1. The lowest BCUT2D eigenvalue weighted by atomic mass is 9.96. The van der Waals surface area contributed by atoms with Crippen molar-refractivity contribution in [2.45, 2.75) is 51.2 Å². The van der Waals surface area contributed by atoms with E-state index in [1.807, 2.05) is 24.3 Å². The SMILES string of the molecule is CCOC(=O)c1ccc(N2CCCCC2CN2CCC(CS(=O)(=O)N3CCN(c4cncc(C(F)(F)F)c4)CC3)CC2)cc1. The fourth-order valence-electron chi connectivity index (χ4n) is 6.55. The number of ether oxygens (including phenoxy) is 1. The lowest BCUT2D eigenvalue weighted by molar-refractivity contribution is -0.137. The van der Waals surface area contributed by atoms with E-state index in [4.69, 9.17) is 4.74 Å². The average molecular weight is 638 g/mol. The van der Waals surface area contributed by atoms with Crippen LogP contribution < -0.4 is 9.80 Å². The molecule has 242 valence electrons. The number of hydrogen-bond acceptors (Lipinski definition) is 8. The minimum Gasteiger partial charge on any atom is -0.462 e. The van der Waals surface area contributed by atoms with Gasteiger partial charge in [0.05, 0.1) is 35.4 Å². The summed E-state index contributed by atoms with van der Waals surface area (Å²) in [6.07, 6.45) is 2.74. The summed E-state index contributed by atoms with van der Waals surface area (Å²) in [5.41, 5.74) is 1.20. The summed E-state index contributed by atoms with van der Waals surface area (Å²) in [5, 5.41) is 0. The summed E-state index contributed by atoms with van der Waals surface area (Å²) in [5.74, 6) is -0.122. The van der Waals surface area contributed by atoms with E-state index in [1.165, 1.54) is 16.9 Å². The number of pyridine rings is 1. The number of carbonyl (C=O) groups is 1. The Kier molecular flexibility index (Phi) is 10.4. The summed E-state index contributed by atoms with van der Waals surface area (Å²) < 4.78 is 72.4. The molecule has 2 aromatic rings. The molecule has 3 aliphatic rings. The zero-order chi connectivity index (χ0) is 31.3. The van der Waals surface area contributed by atoms with E-state index < -0.39 is 21.8 Å². The molecule has 0 amide bonds. The second-order valence-electron chi connectivity index (χ2n) is 11.9. The molecule has 0 N–H and O–H groups in total. The number of esters is 1. The van der Waals surface area contributed by atoms with Gasteiger partial charge in [0.1, 0.15) is 0 Å². The van der Waals surface area contributed by atoms with Crippen LogP contribution in [0.4, 0.5) is 24.5 Å². The van der Waals surface area contributed by atoms with Crippen molar-refractivity contribution in [2.75, 3.05) is 74.5 Å². The van der Waals surface area contributed by atoms with Crippen LogP contribution in [0.2, 0.25) is 0 Å². The highest BCUT2D eigenvalue weighted by molar-refractivity contribution is 7.89. The predicted molar refractivity (Wildman–Crippen MR) is 163 cm³/mol. The Morgan fingerprint density at radius 3 is 2.30 bits per heavy atom. The van der Waals surface area contributed by atoms with Crippen molar-refractivity contribution < 1.29 is 31.1 Å². The van der Waals surface area contributed by atoms with Crippen molar-refractivity contribution in [1.29, 1.82) is 0 Å². The van der Waals surface area contributed by atoms with E-state index in [1.54, 1.807) is 11.8 Å². The maximum atomic E-state index is 13.3. The van der Waals surface area contributed by atoms with Gasteiger partial charge in [0.25, 0.3) is 0 Å². The van der Waals surface area contributed by atoms with Crippen LogP contribution in [0.1, 0.15) is 54.9 Å². The van der Waals surface area contributed by atoms with Gasteiger partial charge in [-0.05, 0) is 88.4 Å². The van der Waals surface area contributed by atoms with Gasteiger partial charge in [-0.1, -0.05) is 0 Å². The van der Waals surface area contributed by atoms with Crippen LogP contribution in [0.15, 0.2) is 42.7 Å². The summed E-state index contributed by atoms with van der Waals surface area (Å²) in [6.45, 7) is 6.87. The van der Waals surface area contributed by atoms with Crippen LogP contribution >= 0.6 is 0 Å². The quantitative estimate of drug-likeness (QED) is 0.372. The Morgan fingerprint density at radius 1 is 0.932 bits per heavy atom. The maximum Gasteiger partial charge on any atom is 0.417 e. The van der Waals surface area contributed by atoms with Crippen LogP contribution in [0.3, 0.4) is 0 Å². The van der Waals surface area contributed by atoms with Gasteiger partial charge in [-0.15, -0.1) is 0 Å².